The summed E-state index contributed by atoms with van der Waals surface area (Å²) in [5.41, 5.74) is 0.287. The number of hydrogen-bond acceptors (Lipinski definition) is 4. The molecule has 5 nitrogen and oxygen atoms in total. The van der Waals surface area contributed by atoms with Crippen LogP contribution in [0.3, 0.4) is 0 Å². The SMILES string of the molecule is CC(=O)c1cc(C(O)C(O)C(=O)O)ccc1Cl. The number of carboxylic acid groups (broad SMARTS) is 1. The standard InChI is InChI=1S/C11H11ClO5/c1-5(13)7-4-6(2-3-8(7)12)9(14)10(15)11(16)17/h2-4,9-10,14-15H,1H3,(H,16,17). The lowest BCUT2D eigenvalue weighted by Gasteiger charge is -2.15. The molecule has 0 spiro atoms. The molecule has 0 radical (unpaired) electrons. The highest BCUT2D eigenvalue weighted by atomic mass is 35.5. The number of carbonyl (C=O) groups is 2. The minimum atomic E-state index is -1.95. The van der Waals surface area contributed by atoms with Gasteiger partial charge in [-0.25, -0.2) is 4.79 Å². The van der Waals surface area contributed by atoms with E-state index in [1.54, 1.807) is 0 Å². The van der Waals surface area contributed by atoms with E-state index in [1.165, 1.54) is 25.1 Å². The zero-order chi connectivity index (χ0) is 13.2. The van der Waals surface area contributed by atoms with Crippen molar-refractivity contribution in [1.82, 2.24) is 0 Å². The molecule has 0 amide bonds. The highest BCUT2D eigenvalue weighted by Gasteiger charge is 2.25. The number of aliphatic hydroxyl groups is 2. The third kappa shape index (κ3) is 3.03. The van der Waals surface area contributed by atoms with Crippen molar-refractivity contribution in [3.05, 3.63) is 34.3 Å². The van der Waals surface area contributed by atoms with Gasteiger partial charge in [0.05, 0.1) is 5.02 Å². The van der Waals surface area contributed by atoms with Crippen LogP contribution in [0.25, 0.3) is 0 Å². The highest BCUT2D eigenvalue weighted by Crippen LogP contribution is 2.24. The van der Waals surface area contributed by atoms with Crippen LogP contribution in [0.1, 0.15) is 28.9 Å². The molecule has 0 aromatic heterocycles. The van der Waals surface area contributed by atoms with Crippen molar-refractivity contribution in [3.63, 3.8) is 0 Å². The van der Waals surface area contributed by atoms with Crippen LogP contribution < -0.4 is 0 Å². The summed E-state index contributed by atoms with van der Waals surface area (Å²) < 4.78 is 0. The lowest BCUT2D eigenvalue weighted by atomic mass is 10.0. The lowest BCUT2D eigenvalue weighted by molar-refractivity contribution is -0.153. The van der Waals surface area contributed by atoms with Crippen molar-refractivity contribution >= 4 is 23.4 Å². The Balaban J connectivity index is 3.11. The normalized spacial score (nSPS) is 14.1. The Morgan fingerprint density at radius 1 is 1.29 bits per heavy atom. The zero-order valence-electron chi connectivity index (χ0n) is 8.92. The monoisotopic (exact) mass is 258 g/mol. The van der Waals surface area contributed by atoms with Gasteiger partial charge in [0.2, 0.25) is 0 Å². The molecule has 0 bridgehead atoms. The molecular formula is C11H11ClO5. The Morgan fingerprint density at radius 3 is 2.35 bits per heavy atom. The molecule has 2 unspecified atom stereocenters. The van der Waals surface area contributed by atoms with Crippen LogP contribution in [0.15, 0.2) is 18.2 Å². The molecule has 0 aliphatic rings. The number of rotatable bonds is 4. The molecule has 1 aromatic rings. The molecule has 0 saturated heterocycles. The van der Waals surface area contributed by atoms with Gasteiger partial charge in [-0.3, -0.25) is 4.79 Å². The molecular weight excluding hydrogens is 248 g/mol. The molecule has 2 atom stereocenters. The van der Waals surface area contributed by atoms with Crippen molar-refractivity contribution in [3.8, 4) is 0 Å². The second-order valence-electron chi connectivity index (χ2n) is 3.52. The van der Waals surface area contributed by atoms with Crippen LogP contribution in [0.4, 0.5) is 0 Å². The third-order valence-electron chi connectivity index (χ3n) is 2.26. The van der Waals surface area contributed by atoms with Gasteiger partial charge in [-0.05, 0) is 24.6 Å². The first-order valence-corrected chi connectivity index (χ1v) is 5.11. The molecule has 0 aliphatic heterocycles. The summed E-state index contributed by atoms with van der Waals surface area (Å²) in [6.07, 6.45) is -3.56. The summed E-state index contributed by atoms with van der Waals surface area (Å²) in [5.74, 6) is -1.86. The van der Waals surface area contributed by atoms with Gasteiger partial charge in [0.15, 0.2) is 11.9 Å². The van der Waals surface area contributed by atoms with E-state index in [9.17, 15) is 19.8 Å². The van der Waals surface area contributed by atoms with E-state index in [1.807, 2.05) is 0 Å². The second-order valence-corrected chi connectivity index (χ2v) is 3.93. The number of hydrogen-bond donors (Lipinski definition) is 3. The van der Waals surface area contributed by atoms with E-state index in [4.69, 9.17) is 16.7 Å². The van der Waals surface area contributed by atoms with Crippen LogP contribution >= 0.6 is 11.6 Å². The Kier molecular flexibility index (Phi) is 4.22. The fraction of sp³-hybridized carbons (Fsp3) is 0.273. The minimum absolute atomic E-state index is 0.120. The number of aliphatic carboxylic acids is 1. The summed E-state index contributed by atoms with van der Waals surface area (Å²) in [5, 5.41) is 27.5. The van der Waals surface area contributed by atoms with Gasteiger partial charge in [0, 0.05) is 5.56 Å². The van der Waals surface area contributed by atoms with E-state index in [0.29, 0.717) is 0 Å². The molecule has 0 aliphatic carbocycles. The summed E-state index contributed by atoms with van der Waals surface area (Å²) in [7, 11) is 0. The number of carbonyl (C=O) groups excluding carboxylic acids is 1. The van der Waals surface area contributed by atoms with Crippen LogP contribution in [-0.4, -0.2) is 33.2 Å². The predicted molar refractivity (Wildman–Crippen MR) is 60.1 cm³/mol. The van der Waals surface area contributed by atoms with Gasteiger partial charge in [0.25, 0.3) is 0 Å². The number of benzene rings is 1. The molecule has 92 valence electrons. The number of aliphatic hydroxyl groups excluding tert-OH is 2. The Hall–Kier alpha value is -1.43. The first-order chi connectivity index (χ1) is 7.84. The predicted octanol–water partition coefficient (Wildman–Crippen LogP) is 1.02. The third-order valence-corrected chi connectivity index (χ3v) is 2.59. The van der Waals surface area contributed by atoms with Gasteiger partial charge >= 0.3 is 5.97 Å². The van der Waals surface area contributed by atoms with Gasteiger partial charge < -0.3 is 15.3 Å². The molecule has 0 heterocycles. The maximum atomic E-state index is 11.2. The summed E-state index contributed by atoms with van der Waals surface area (Å²) >= 11 is 5.76. The first kappa shape index (κ1) is 13.6. The minimum Gasteiger partial charge on any atom is -0.479 e. The van der Waals surface area contributed by atoms with Crippen molar-refractivity contribution < 1.29 is 24.9 Å². The average molecular weight is 259 g/mol. The van der Waals surface area contributed by atoms with E-state index < -0.39 is 18.2 Å². The molecule has 0 fully saturated rings. The highest BCUT2D eigenvalue weighted by molar-refractivity contribution is 6.33. The van der Waals surface area contributed by atoms with Crippen molar-refractivity contribution in [2.45, 2.75) is 19.1 Å². The number of halogens is 1. The Labute approximate surface area is 102 Å². The molecule has 1 rings (SSSR count). The van der Waals surface area contributed by atoms with Gasteiger partial charge in [-0.2, -0.15) is 0 Å². The number of ketones is 1. The largest absolute Gasteiger partial charge is 0.479 e. The van der Waals surface area contributed by atoms with E-state index in [2.05, 4.69) is 0 Å². The average Bonchev–Trinajstić information content (AvgIpc) is 2.27. The van der Waals surface area contributed by atoms with Gasteiger partial charge in [0.1, 0.15) is 6.10 Å². The summed E-state index contributed by atoms with van der Waals surface area (Å²) in [4.78, 5) is 21.7. The quantitative estimate of drug-likeness (QED) is 0.701. The molecule has 0 saturated carbocycles. The van der Waals surface area contributed by atoms with Crippen LogP contribution in [0, 0.1) is 0 Å². The van der Waals surface area contributed by atoms with Crippen molar-refractivity contribution in [2.75, 3.05) is 0 Å². The fourth-order valence-corrected chi connectivity index (χ4v) is 1.56. The van der Waals surface area contributed by atoms with Gasteiger partial charge in [-0.1, -0.05) is 17.7 Å². The summed E-state index contributed by atoms with van der Waals surface area (Å²) in [6, 6.07) is 3.98. The first-order valence-electron chi connectivity index (χ1n) is 4.74. The lowest BCUT2D eigenvalue weighted by Crippen LogP contribution is -2.27. The molecule has 3 N–H and O–H groups in total. The molecule has 6 heteroatoms. The van der Waals surface area contributed by atoms with E-state index in [-0.39, 0.29) is 21.9 Å². The smallest absolute Gasteiger partial charge is 0.335 e. The molecule has 17 heavy (non-hydrogen) atoms. The van der Waals surface area contributed by atoms with E-state index >= 15 is 0 Å². The van der Waals surface area contributed by atoms with Gasteiger partial charge in [-0.15, -0.1) is 0 Å². The summed E-state index contributed by atoms with van der Waals surface area (Å²) in [6.45, 7) is 1.30. The topological polar surface area (TPSA) is 94.8 Å². The fourth-order valence-electron chi connectivity index (χ4n) is 1.31. The van der Waals surface area contributed by atoms with Crippen molar-refractivity contribution in [2.24, 2.45) is 0 Å². The Morgan fingerprint density at radius 2 is 1.88 bits per heavy atom. The van der Waals surface area contributed by atoms with E-state index in [0.717, 1.165) is 0 Å². The number of Topliss-reactive ketones (excluding diaryl/α,β-unsaturated/α-hetero) is 1. The molecule has 1 aromatic carbocycles. The van der Waals surface area contributed by atoms with Crippen molar-refractivity contribution in [1.29, 1.82) is 0 Å². The maximum Gasteiger partial charge on any atom is 0.335 e. The van der Waals surface area contributed by atoms with Crippen LogP contribution in [-0.2, 0) is 4.79 Å². The number of carboxylic acids is 1. The second kappa shape index (κ2) is 5.27. The van der Waals surface area contributed by atoms with Crippen LogP contribution in [0.2, 0.25) is 5.02 Å². The Bertz CT molecular complexity index is 457. The zero-order valence-corrected chi connectivity index (χ0v) is 9.68. The van der Waals surface area contributed by atoms with Crippen LogP contribution in [0.5, 0.6) is 0 Å². The maximum absolute atomic E-state index is 11.2.